The first-order valence-corrected chi connectivity index (χ1v) is 2.49. The number of aliphatic carboxylic acids is 1. The van der Waals surface area contributed by atoms with Gasteiger partial charge < -0.3 is 5.11 Å². The fraction of sp³-hybridized carbons (Fsp3) is 0.200. The van der Waals surface area contributed by atoms with E-state index in [2.05, 4.69) is 12.2 Å². The van der Waals surface area contributed by atoms with Crippen LogP contribution in [0.25, 0.3) is 0 Å². The predicted molar refractivity (Wildman–Crippen MR) is 35.0 cm³/mol. The highest BCUT2D eigenvalue weighted by atomic mass is 32.1. The van der Waals surface area contributed by atoms with Crippen LogP contribution in [0.15, 0.2) is 12.2 Å². The molecule has 0 heterocycles. The van der Waals surface area contributed by atoms with Crippen molar-refractivity contribution >= 4 is 23.1 Å². The number of thiocarbonyl (C=S) groups is 1. The lowest BCUT2D eigenvalue weighted by molar-refractivity contribution is -0.129. The van der Waals surface area contributed by atoms with E-state index in [1.807, 2.05) is 0 Å². The van der Waals surface area contributed by atoms with Crippen molar-refractivity contribution in [3.8, 4) is 0 Å². The largest absolute Gasteiger partial charge is 0.477 e. The fourth-order valence-electron chi connectivity index (χ4n) is 0.223. The van der Waals surface area contributed by atoms with Gasteiger partial charge in [-0.2, -0.15) is 0 Å². The van der Waals surface area contributed by atoms with Crippen LogP contribution in [-0.4, -0.2) is 15.9 Å². The summed E-state index contributed by atoms with van der Waals surface area (Å²) in [4.78, 5) is 9.85. The summed E-state index contributed by atoms with van der Waals surface area (Å²) >= 11 is 4.39. The van der Waals surface area contributed by atoms with E-state index in [1.165, 1.54) is 6.08 Å². The second-order valence-corrected chi connectivity index (χ2v) is 1.61. The third-order valence-corrected chi connectivity index (χ3v) is 0.840. The fourth-order valence-corrected chi connectivity index (χ4v) is 0.359. The van der Waals surface area contributed by atoms with Crippen molar-refractivity contribution in [2.45, 2.75) is 6.92 Å². The summed E-state index contributed by atoms with van der Waals surface area (Å²) in [5.41, 5.74) is 0. The molecule has 0 saturated heterocycles. The van der Waals surface area contributed by atoms with Crippen LogP contribution in [0.5, 0.6) is 0 Å². The Hall–Kier alpha value is -0.700. The van der Waals surface area contributed by atoms with Crippen molar-refractivity contribution in [1.29, 1.82) is 0 Å². The molecule has 0 rings (SSSR count). The Bertz CT molecular complexity index is 137. The molecule has 0 aliphatic rings. The van der Waals surface area contributed by atoms with Gasteiger partial charge in [-0.05, 0) is 13.0 Å². The van der Waals surface area contributed by atoms with Gasteiger partial charge in [0.1, 0.15) is 4.86 Å². The summed E-state index contributed by atoms with van der Waals surface area (Å²) in [6.07, 6.45) is 2.97. The normalized spacial score (nSPS) is 9.62. The average molecular weight is 130 g/mol. The minimum atomic E-state index is -1.04. The maximum absolute atomic E-state index is 9.90. The summed E-state index contributed by atoms with van der Waals surface area (Å²) < 4.78 is 0. The smallest absolute Gasteiger partial charge is 0.346 e. The number of hydrogen-bond acceptors (Lipinski definition) is 2. The van der Waals surface area contributed by atoms with Crippen LogP contribution >= 0.6 is 12.2 Å². The van der Waals surface area contributed by atoms with Crippen LogP contribution < -0.4 is 0 Å². The van der Waals surface area contributed by atoms with Gasteiger partial charge >= 0.3 is 5.97 Å². The zero-order valence-corrected chi connectivity index (χ0v) is 5.23. The van der Waals surface area contributed by atoms with E-state index >= 15 is 0 Å². The maximum Gasteiger partial charge on any atom is 0.346 e. The SMILES string of the molecule is CC=CC(=S)C(=O)O. The summed E-state index contributed by atoms with van der Waals surface area (Å²) in [6, 6.07) is 0. The van der Waals surface area contributed by atoms with Crippen LogP contribution in [0.4, 0.5) is 0 Å². The number of allylic oxidation sites excluding steroid dienone is 1. The van der Waals surface area contributed by atoms with Crippen molar-refractivity contribution in [2.24, 2.45) is 0 Å². The molecule has 0 atom stereocenters. The molecule has 0 aliphatic carbocycles. The van der Waals surface area contributed by atoms with Crippen molar-refractivity contribution < 1.29 is 9.90 Å². The van der Waals surface area contributed by atoms with Gasteiger partial charge in [0.15, 0.2) is 0 Å². The van der Waals surface area contributed by atoms with E-state index in [9.17, 15) is 4.79 Å². The monoisotopic (exact) mass is 130 g/mol. The van der Waals surface area contributed by atoms with Gasteiger partial charge in [-0.1, -0.05) is 18.3 Å². The lowest BCUT2D eigenvalue weighted by Crippen LogP contribution is -2.05. The molecule has 0 amide bonds. The van der Waals surface area contributed by atoms with Gasteiger partial charge in [0.2, 0.25) is 0 Å². The summed E-state index contributed by atoms with van der Waals surface area (Å²) in [5, 5.41) is 8.12. The first kappa shape index (κ1) is 7.30. The minimum absolute atomic E-state index is 0.0486. The minimum Gasteiger partial charge on any atom is -0.477 e. The molecule has 1 N–H and O–H groups in total. The highest BCUT2D eigenvalue weighted by molar-refractivity contribution is 7.82. The van der Waals surface area contributed by atoms with E-state index in [0.29, 0.717) is 0 Å². The molecule has 0 unspecified atom stereocenters. The summed E-state index contributed by atoms with van der Waals surface area (Å²) in [5.74, 6) is -1.04. The highest BCUT2D eigenvalue weighted by Gasteiger charge is 1.97. The van der Waals surface area contributed by atoms with Crippen LogP contribution in [-0.2, 0) is 4.79 Å². The Morgan fingerprint density at radius 3 is 2.38 bits per heavy atom. The van der Waals surface area contributed by atoms with Gasteiger partial charge in [0.25, 0.3) is 0 Å². The Kier molecular flexibility index (Phi) is 3.03. The van der Waals surface area contributed by atoms with Gasteiger partial charge in [-0.3, -0.25) is 0 Å². The molecular weight excluding hydrogens is 124 g/mol. The molecule has 0 aromatic heterocycles. The lowest BCUT2D eigenvalue weighted by atomic mass is 10.4. The highest BCUT2D eigenvalue weighted by Crippen LogP contribution is 1.79. The Labute approximate surface area is 52.8 Å². The quantitative estimate of drug-likeness (QED) is 0.448. The summed E-state index contributed by atoms with van der Waals surface area (Å²) in [6.45, 7) is 1.72. The zero-order chi connectivity index (χ0) is 6.57. The van der Waals surface area contributed by atoms with E-state index in [-0.39, 0.29) is 4.86 Å². The molecule has 0 aliphatic heterocycles. The van der Waals surface area contributed by atoms with Gasteiger partial charge in [0, 0.05) is 0 Å². The van der Waals surface area contributed by atoms with E-state index in [4.69, 9.17) is 5.11 Å². The zero-order valence-electron chi connectivity index (χ0n) is 4.42. The first-order valence-electron chi connectivity index (χ1n) is 2.08. The topological polar surface area (TPSA) is 37.3 Å². The maximum atomic E-state index is 9.90. The summed E-state index contributed by atoms with van der Waals surface area (Å²) in [7, 11) is 0. The third-order valence-electron chi connectivity index (χ3n) is 0.529. The number of rotatable bonds is 2. The average Bonchev–Trinajstić information content (AvgIpc) is 1.67. The second-order valence-electron chi connectivity index (χ2n) is 1.17. The van der Waals surface area contributed by atoms with Crippen molar-refractivity contribution in [2.75, 3.05) is 0 Å². The molecule has 0 saturated carbocycles. The molecule has 0 fully saturated rings. The molecule has 0 aromatic rings. The van der Waals surface area contributed by atoms with E-state index in [1.54, 1.807) is 13.0 Å². The number of hydrogen-bond donors (Lipinski definition) is 1. The molecule has 0 radical (unpaired) electrons. The van der Waals surface area contributed by atoms with Crippen LogP contribution in [0.2, 0.25) is 0 Å². The Balaban J connectivity index is 3.85. The Morgan fingerprint density at radius 1 is 1.75 bits per heavy atom. The molecule has 2 nitrogen and oxygen atoms in total. The second kappa shape index (κ2) is 3.32. The molecule has 44 valence electrons. The molecule has 0 bridgehead atoms. The molecule has 8 heavy (non-hydrogen) atoms. The number of carbonyl (C=O) groups is 1. The van der Waals surface area contributed by atoms with E-state index in [0.717, 1.165) is 0 Å². The molecule has 0 aromatic carbocycles. The van der Waals surface area contributed by atoms with Crippen molar-refractivity contribution in [3.05, 3.63) is 12.2 Å². The Morgan fingerprint density at radius 2 is 2.25 bits per heavy atom. The predicted octanol–water partition coefficient (Wildman–Crippen LogP) is 1.02. The van der Waals surface area contributed by atoms with Gasteiger partial charge in [0.05, 0.1) is 0 Å². The molecular formula is C5H6O2S. The van der Waals surface area contributed by atoms with Crippen LogP contribution in [0, 0.1) is 0 Å². The van der Waals surface area contributed by atoms with Crippen LogP contribution in [0.3, 0.4) is 0 Å². The number of carboxylic acids is 1. The van der Waals surface area contributed by atoms with Crippen molar-refractivity contribution in [1.82, 2.24) is 0 Å². The lowest BCUT2D eigenvalue weighted by Gasteiger charge is -1.82. The van der Waals surface area contributed by atoms with Crippen LogP contribution in [0.1, 0.15) is 6.92 Å². The molecule has 0 spiro atoms. The third kappa shape index (κ3) is 2.47. The van der Waals surface area contributed by atoms with E-state index < -0.39 is 5.97 Å². The first-order chi connectivity index (χ1) is 3.68. The van der Waals surface area contributed by atoms with Crippen molar-refractivity contribution in [3.63, 3.8) is 0 Å². The van der Waals surface area contributed by atoms with Gasteiger partial charge in [-0.25, -0.2) is 4.79 Å². The number of carboxylic acid groups (broad SMARTS) is 1. The molecule has 3 heteroatoms. The van der Waals surface area contributed by atoms with Gasteiger partial charge in [-0.15, -0.1) is 0 Å². The standard InChI is InChI=1S/C5H6O2S/c1-2-3-4(8)5(6)7/h2-3H,1H3,(H,6,7).